The fourth-order valence-corrected chi connectivity index (χ4v) is 3.52. The van der Waals surface area contributed by atoms with Gasteiger partial charge >= 0.3 is 0 Å². The van der Waals surface area contributed by atoms with Crippen LogP contribution >= 0.6 is 0 Å². The second kappa shape index (κ2) is 9.19. The highest BCUT2D eigenvalue weighted by atomic mass is 16.5. The molecule has 1 saturated heterocycles. The third-order valence-electron chi connectivity index (χ3n) is 5.35. The van der Waals surface area contributed by atoms with E-state index < -0.39 is 0 Å². The van der Waals surface area contributed by atoms with Crippen molar-refractivity contribution in [3.8, 4) is 0 Å². The van der Waals surface area contributed by atoms with Gasteiger partial charge in [-0.15, -0.1) is 0 Å². The molecule has 0 saturated carbocycles. The molecule has 0 aliphatic carbocycles. The molecular weight excluding hydrogens is 300 g/mol. The molecule has 1 aliphatic heterocycles. The Kier molecular flexibility index (Phi) is 7.25. The van der Waals surface area contributed by atoms with Crippen LogP contribution in [-0.4, -0.2) is 49.7 Å². The van der Waals surface area contributed by atoms with E-state index in [-0.39, 0.29) is 5.91 Å². The molecule has 1 N–H and O–H groups in total. The topological polar surface area (TPSA) is 41.6 Å². The number of aryl methyl sites for hydroxylation is 2. The zero-order valence-electron chi connectivity index (χ0n) is 15.6. The van der Waals surface area contributed by atoms with Crippen molar-refractivity contribution in [2.24, 2.45) is 5.92 Å². The molecule has 4 nitrogen and oxygen atoms in total. The number of hydrogen-bond donors (Lipinski definition) is 1. The highest BCUT2D eigenvalue weighted by Crippen LogP contribution is 2.20. The molecule has 1 heterocycles. The van der Waals surface area contributed by atoms with Crippen molar-refractivity contribution in [1.29, 1.82) is 0 Å². The summed E-state index contributed by atoms with van der Waals surface area (Å²) in [7, 11) is 0. The Hall–Kier alpha value is -1.39. The molecule has 134 valence electrons. The Balaban J connectivity index is 2.02. The number of rotatable bonds is 7. The summed E-state index contributed by atoms with van der Waals surface area (Å²) in [4.78, 5) is 15.0. The average Bonchev–Trinajstić information content (AvgIpc) is 2.61. The minimum atomic E-state index is 0.0299. The molecule has 1 unspecified atom stereocenters. The average molecular weight is 332 g/mol. The molecule has 1 atom stereocenters. The van der Waals surface area contributed by atoms with Gasteiger partial charge in [0.05, 0.1) is 13.2 Å². The molecule has 0 bridgehead atoms. The van der Waals surface area contributed by atoms with E-state index >= 15 is 0 Å². The van der Waals surface area contributed by atoms with Gasteiger partial charge in [0.2, 0.25) is 0 Å². The van der Waals surface area contributed by atoms with Gasteiger partial charge in [-0.05, 0) is 43.0 Å². The number of carbonyl (C=O) groups excluding carboxylic acids is 1. The van der Waals surface area contributed by atoms with Crippen molar-refractivity contribution in [3.63, 3.8) is 0 Å². The quantitative estimate of drug-likeness (QED) is 0.834. The van der Waals surface area contributed by atoms with Crippen molar-refractivity contribution in [1.82, 2.24) is 10.2 Å². The number of benzene rings is 1. The molecule has 1 amide bonds. The molecule has 1 aromatic rings. The summed E-state index contributed by atoms with van der Waals surface area (Å²) in [5, 5.41) is 3.17. The predicted octanol–water partition coefficient (Wildman–Crippen LogP) is 3.17. The van der Waals surface area contributed by atoms with Gasteiger partial charge < -0.3 is 10.1 Å². The van der Waals surface area contributed by atoms with Crippen LogP contribution < -0.4 is 5.32 Å². The maximum absolute atomic E-state index is 12.5. The minimum Gasteiger partial charge on any atom is -0.379 e. The largest absolute Gasteiger partial charge is 0.379 e. The molecule has 24 heavy (non-hydrogen) atoms. The Morgan fingerprint density at radius 3 is 2.42 bits per heavy atom. The lowest BCUT2D eigenvalue weighted by Gasteiger charge is -2.38. The summed E-state index contributed by atoms with van der Waals surface area (Å²) in [5.41, 5.74) is 3.13. The van der Waals surface area contributed by atoms with Crippen molar-refractivity contribution < 1.29 is 9.53 Å². The van der Waals surface area contributed by atoms with E-state index in [0.29, 0.717) is 18.5 Å². The molecular formula is C20H32N2O2. The van der Waals surface area contributed by atoms with Crippen LogP contribution in [0.15, 0.2) is 18.2 Å². The standard InChI is InChI=1S/C20H32N2O2/c1-5-17(6-2)19(22-9-11-24-12-10-22)14-21-20(23)18-8-7-15(3)16(4)13-18/h7-8,13,17,19H,5-6,9-12,14H2,1-4H3,(H,21,23). The molecule has 0 aromatic heterocycles. The normalized spacial score (nSPS) is 17.0. The van der Waals surface area contributed by atoms with Crippen LogP contribution in [0.25, 0.3) is 0 Å². The fourth-order valence-electron chi connectivity index (χ4n) is 3.52. The Bertz CT molecular complexity index is 534. The first-order chi connectivity index (χ1) is 11.6. The number of nitrogens with zero attached hydrogens (tertiary/aromatic N) is 1. The van der Waals surface area contributed by atoms with Gasteiger partial charge in [-0.2, -0.15) is 0 Å². The Morgan fingerprint density at radius 2 is 1.83 bits per heavy atom. The minimum absolute atomic E-state index is 0.0299. The van der Waals surface area contributed by atoms with Gasteiger partial charge in [0.15, 0.2) is 0 Å². The maximum atomic E-state index is 12.5. The lowest BCUT2D eigenvalue weighted by molar-refractivity contribution is 0.00191. The third kappa shape index (κ3) is 4.81. The smallest absolute Gasteiger partial charge is 0.251 e. The zero-order chi connectivity index (χ0) is 17.5. The number of hydrogen-bond acceptors (Lipinski definition) is 3. The zero-order valence-corrected chi connectivity index (χ0v) is 15.6. The van der Waals surface area contributed by atoms with Crippen molar-refractivity contribution in [3.05, 3.63) is 34.9 Å². The van der Waals surface area contributed by atoms with E-state index in [1.165, 1.54) is 5.56 Å². The number of carbonyl (C=O) groups is 1. The van der Waals surface area contributed by atoms with E-state index in [4.69, 9.17) is 4.74 Å². The van der Waals surface area contributed by atoms with Crippen molar-refractivity contribution in [2.75, 3.05) is 32.8 Å². The summed E-state index contributed by atoms with van der Waals surface area (Å²) in [6.07, 6.45) is 2.27. The van der Waals surface area contributed by atoms with Gasteiger partial charge in [0.25, 0.3) is 5.91 Å². The monoisotopic (exact) mass is 332 g/mol. The first-order valence-electron chi connectivity index (χ1n) is 9.24. The SMILES string of the molecule is CCC(CC)C(CNC(=O)c1ccc(C)c(C)c1)N1CCOCC1. The van der Waals surface area contributed by atoms with Crippen molar-refractivity contribution in [2.45, 2.75) is 46.6 Å². The predicted molar refractivity (Wildman–Crippen MR) is 98.5 cm³/mol. The molecule has 1 aliphatic rings. The van der Waals surface area contributed by atoms with Crippen LogP contribution in [0.1, 0.15) is 48.2 Å². The van der Waals surface area contributed by atoms with E-state index in [1.807, 2.05) is 25.1 Å². The van der Waals surface area contributed by atoms with Gasteiger partial charge in [0, 0.05) is 31.2 Å². The van der Waals surface area contributed by atoms with Gasteiger partial charge in [-0.3, -0.25) is 9.69 Å². The number of ether oxygens (including phenoxy) is 1. The molecule has 0 spiro atoms. The molecule has 1 aromatic carbocycles. The molecule has 0 radical (unpaired) electrons. The van der Waals surface area contributed by atoms with Crippen LogP contribution in [0.4, 0.5) is 0 Å². The molecule has 2 rings (SSSR count). The van der Waals surface area contributed by atoms with Crippen LogP contribution in [0.2, 0.25) is 0 Å². The summed E-state index contributed by atoms with van der Waals surface area (Å²) in [5.74, 6) is 0.630. The third-order valence-corrected chi connectivity index (χ3v) is 5.35. The molecule has 1 fully saturated rings. The van der Waals surface area contributed by atoms with Crippen molar-refractivity contribution >= 4 is 5.91 Å². The lowest BCUT2D eigenvalue weighted by atomic mass is 9.92. The highest BCUT2D eigenvalue weighted by molar-refractivity contribution is 5.94. The second-order valence-corrected chi connectivity index (χ2v) is 6.80. The first-order valence-corrected chi connectivity index (χ1v) is 9.24. The van der Waals surface area contributed by atoms with Crippen LogP contribution in [0.5, 0.6) is 0 Å². The second-order valence-electron chi connectivity index (χ2n) is 6.80. The number of amides is 1. The van der Waals surface area contributed by atoms with Crippen LogP contribution in [0, 0.1) is 19.8 Å². The maximum Gasteiger partial charge on any atom is 0.251 e. The van der Waals surface area contributed by atoms with E-state index in [1.54, 1.807) is 0 Å². The summed E-state index contributed by atoms with van der Waals surface area (Å²) >= 11 is 0. The van der Waals surface area contributed by atoms with E-state index in [0.717, 1.165) is 50.3 Å². The lowest BCUT2D eigenvalue weighted by Crippen LogP contribution is -2.52. The van der Waals surface area contributed by atoms with E-state index in [9.17, 15) is 4.79 Å². The van der Waals surface area contributed by atoms with Gasteiger partial charge in [-0.1, -0.05) is 32.8 Å². The Labute approximate surface area is 146 Å². The first kappa shape index (κ1) is 18.9. The highest BCUT2D eigenvalue weighted by Gasteiger charge is 2.27. The molecule has 4 heteroatoms. The summed E-state index contributed by atoms with van der Waals surface area (Å²) in [6.45, 7) is 12.8. The van der Waals surface area contributed by atoms with Gasteiger partial charge in [0.1, 0.15) is 0 Å². The Morgan fingerprint density at radius 1 is 1.17 bits per heavy atom. The summed E-state index contributed by atoms with van der Waals surface area (Å²) < 4.78 is 5.49. The fraction of sp³-hybridized carbons (Fsp3) is 0.650. The van der Waals surface area contributed by atoms with Crippen LogP contribution in [-0.2, 0) is 4.74 Å². The van der Waals surface area contributed by atoms with Crippen LogP contribution in [0.3, 0.4) is 0 Å². The van der Waals surface area contributed by atoms with Gasteiger partial charge in [-0.25, -0.2) is 0 Å². The number of morpholine rings is 1. The van der Waals surface area contributed by atoms with E-state index in [2.05, 4.69) is 31.0 Å². The number of nitrogens with one attached hydrogen (secondary N) is 1. The summed E-state index contributed by atoms with van der Waals surface area (Å²) in [6, 6.07) is 6.30.